The molecular formula is C7H12O3Si2. The largest absolute Gasteiger partial charge is 0.412 e. The Morgan fingerprint density at radius 3 is 1.83 bits per heavy atom. The molecule has 0 saturated carbocycles. The second-order valence-corrected chi connectivity index (χ2v) is 4.09. The number of carbonyl (C=O) groups is 1. The van der Waals surface area contributed by atoms with Crippen molar-refractivity contribution in [3.05, 3.63) is 0 Å². The maximum Gasteiger partial charge on any atom is 0.247 e. The van der Waals surface area contributed by atoms with Gasteiger partial charge >= 0.3 is 0 Å². The van der Waals surface area contributed by atoms with Crippen LogP contribution in [0.4, 0.5) is 0 Å². The van der Waals surface area contributed by atoms with Crippen LogP contribution >= 0.6 is 0 Å². The minimum absolute atomic E-state index is 0.167. The molecule has 0 spiro atoms. The Kier molecular flexibility index (Phi) is 4.92. The Bertz CT molecular complexity index is 144. The second kappa shape index (κ2) is 4.91. The summed E-state index contributed by atoms with van der Waals surface area (Å²) >= 11 is 0. The van der Waals surface area contributed by atoms with Gasteiger partial charge in [-0.05, 0) is 5.41 Å². The van der Waals surface area contributed by atoms with E-state index in [4.69, 9.17) is 8.85 Å². The molecule has 0 bridgehead atoms. The SMILES string of the molecule is CC(C)(C)[C@@H](O[Si])[C@H](C=O)O[Si]. The molecule has 0 unspecified atom stereocenters. The van der Waals surface area contributed by atoms with Crippen molar-refractivity contribution in [1.82, 2.24) is 0 Å². The van der Waals surface area contributed by atoms with Crippen molar-refractivity contribution < 1.29 is 13.6 Å². The number of rotatable bonds is 4. The van der Waals surface area contributed by atoms with E-state index in [-0.39, 0.29) is 11.5 Å². The quantitative estimate of drug-likeness (QED) is 0.479. The molecule has 12 heavy (non-hydrogen) atoms. The topological polar surface area (TPSA) is 35.5 Å². The molecule has 0 heterocycles. The van der Waals surface area contributed by atoms with Crippen LogP contribution < -0.4 is 0 Å². The number of aldehydes is 1. The summed E-state index contributed by atoms with van der Waals surface area (Å²) in [5.41, 5.74) is -0.167. The van der Waals surface area contributed by atoms with Crippen LogP contribution in [-0.2, 0) is 13.6 Å². The van der Waals surface area contributed by atoms with Gasteiger partial charge in [0, 0.05) is 0 Å². The lowest BCUT2D eigenvalue weighted by molar-refractivity contribution is -0.120. The number of hydrogen-bond acceptors (Lipinski definition) is 3. The third kappa shape index (κ3) is 3.18. The summed E-state index contributed by atoms with van der Waals surface area (Å²) in [5, 5.41) is 0. The van der Waals surface area contributed by atoms with Gasteiger partial charge in [-0.3, -0.25) is 0 Å². The summed E-state index contributed by atoms with van der Waals surface area (Å²) in [6, 6.07) is 0. The zero-order valence-corrected chi connectivity index (χ0v) is 9.46. The number of carbonyl (C=O) groups excluding carboxylic acids is 1. The first-order valence-electron chi connectivity index (χ1n) is 3.57. The van der Waals surface area contributed by atoms with Crippen molar-refractivity contribution in [3.63, 3.8) is 0 Å². The van der Waals surface area contributed by atoms with E-state index in [1.54, 1.807) is 0 Å². The molecule has 0 amide bonds. The van der Waals surface area contributed by atoms with E-state index < -0.39 is 6.10 Å². The molecule has 6 radical (unpaired) electrons. The van der Waals surface area contributed by atoms with Gasteiger partial charge in [0.15, 0.2) is 0 Å². The van der Waals surface area contributed by atoms with E-state index >= 15 is 0 Å². The predicted molar refractivity (Wildman–Crippen MR) is 46.8 cm³/mol. The van der Waals surface area contributed by atoms with Gasteiger partial charge in [0.2, 0.25) is 21.0 Å². The average molecular weight is 200 g/mol. The van der Waals surface area contributed by atoms with Gasteiger partial charge in [-0.2, -0.15) is 0 Å². The first-order chi connectivity index (χ1) is 5.47. The zero-order chi connectivity index (χ0) is 9.78. The fourth-order valence-corrected chi connectivity index (χ4v) is 1.56. The van der Waals surface area contributed by atoms with E-state index in [0.29, 0.717) is 6.29 Å². The van der Waals surface area contributed by atoms with Crippen LogP contribution in [-0.4, -0.2) is 39.5 Å². The predicted octanol–water partition coefficient (Wildman–Crippen LogP) is 0.169. The fourth-order valence-electron chi connectivity index (χ4n) is 0.898. The molecule has 3 nitrogen and oxygen atoms in total. The summed E-state index contributed by atoms with van der Waals surface area (Å²) in [4.78, 5) is 10.5. The lowest BCUT2D eigenvalue weighted by atomic mass is 9.86. The molecule has 0 aliphatic heterocycles. The highest BCUT2D eigenvalue weighted by molar-refractivity contribution is 5.99. The molecule has 66 valence electrons. The Morgan fingerprint density at radius 1 is 1.25 bits per heavy atom. The molecular weight excluding hydrogens is 188 g/mol. The molecule has 5 heteroatoms. The summed E-state index contributed by atoms with van der Waals surface area (Å²) in [5.74, 6) is 0. The van der Waals surface area contributed by atoms with Crippen LogP contribution in [0.5, 0.6) is 0 Å². The highest BCUT2D eigenvalue weighted by atomic mass is 28.2. The van der Waals surface area contributed by atoms with Gasteiger partial charge in [-0.1, -0.05) is 20.8 Å². The Labute approximate surface area is 79.9 Å². The zero-order valence-electron chi connectivity index (χ0n) is 7.46. The van der Waals surface area contributed by atoms with E-state index in [1.807, 2.05) is 20.8 Å². The molecule has 0 aromatic heterocycles. The molecule has 0 N–H and O–H groups in total. The van der Waals surface area contributed by atoms with Crippen molar-refractivity contribution in [2.75, 3.05) is 0 Å². The van der Waals surface area contributed by atoms with Crippen molar-refractivity contribution in [2.45, 2.75) is 33.0 Å². The van der Waals surface area contributed by atoms with Crippen molar-refractivity contribution >= 4 is 27.3 Å². The minimum atomic E-state index is -0.612. The standard InChI is InChI=1S/C7H12O3Si2/c1-7(2,3)6(10-12)5(4-8)9-11/h4-6H,1-3H3/t5-,6-/m0/s1. The normalized spacial score (nSPS) is 17.1. The minimum Gasteiger partial charge on any atom is -0.412 e. The molecule has 0 aliphatic rings. The summed E-state index contributed by atoms with van der Waals surface area (Å²) in [6.45, 7) is 5.87. The van der Waals surface area contributed by atoms with E-state index in [9.17, 15) is 4.79 Å². The number of hydrogen-bond donors (Lipinski definition) is 0. The van der Waals surface area contributed by atoms with Crippen LogP contribution in [0.3, 0.4) is 0 Å². The Balaban J connectivity index is 4.41. The van der Waals surface area contributed by atoms with E-state index in [2.05, 4.69) is 21.0 Å². The van der Waals surface area contributed by atoms with Crippen molar-refractivity contribution in [2.24, 2.45) is 5.41 Å². The summed E-state index contributed by atoms with van der Waals surface area (Å²) < 4.78 is 9.74. The van der Waals surface area contributed by atoms with Crippen molar-refractivity contribution in [1.29, 1.82) is 0 Å². The van der Waals surface area contributed by atoms with Gasteiger partial charge in [0.1, 0.15) is 12.4 Å². The maximum absolute atomic E-state index is 10.5. The second-order valence-electron chi connectivity index (χ2n) is 3.62. The van der Waals surface area contributed by atoms with Crippen LogP contribution in [0.15, 0.2) is 0 Å². The fraction of sp³-hybridized carbons (Fsp3) is 0.857. The van der Waals surface area contributed by atoms with Crippen LogP contribution in [0, 0.1) is 5.41 Å². The van der Waals surface area contributed by atoms with Crippen LogP contribution in [0.2, 0.25) is 0 Å². The summed E-state index contributed by atoms with van der Waals surface area (Å²) in [6.07, 6.45) is -0.244. The van der Waals surface area contributed by atoms with Gasteiger partial charge in [-0.15, -0.1) is 0 Å². The summed E-state index contributed by atoms with van der Waals surface area (Å²) in [7, 11) is 5.75. The first kappa shape index (κ1) is 12.0. The van der Waals surface area contributed by atoms with E-state index in [1.165, 1.54) is 0 Å². The van der Waals surface area contributed by atoms with Gasteiger partial charge in [0.05, 0.1) is 6.10 Å². The Morgan fingerprint density at radius 2 is 1.75 bits per heavy atom. The average Bonchev–Trinajstić information content (AvgIpc) is 1.97. The van der Waals surface area contributed by atoms with E-state index in [0.717, 1.165) is 0 Å². The Hall–Kier alpha value is 0.0238. The highest BCUT2D eigenvalue weighted by Gasteiger charge is 2.31. The van der Waals surface area contributed by atoms with Crippen LogP contribution in [0.25, 0.3) is 0 Å². The van der Waals surface area contributed by atoms with Crippen molar-refractivity contribution in [3.8, 4) is 0 Å². The lowest BCUT2D eigenvalue weighted by Crippen LogP contribution is -2.41. The third-order valence-electron chi connectivity index (χ3n) is 1.55. The molecule has 0 aromatic rings. The van der Waals surface area contributed by atoms with Gasteiger partial charge in [-0.25, -0.2) is 0 Å². The molecule has 0 aromatic carbocycles. The maximum atomic E-state index is 10.5. The monoisotopic (exact) mass is 200 g/mol. The molecule has 0 saturated heterocycles. The molecule has 2 atom stereocenters. The van der Waals surface area contributed by atoms with Gasteiger partial charge < -0.3 is 13.6 Å². The highest BCUT2D eigenvalue weighted by Crippen LogP contribution is 2.24. The molecule has 0 rings (SSSR count). The van der Waals surface area contributed by atoms with Crippen LogP contribution in [0.1, 0.15) is 20.8 Å². The first-order valence-corrected chi connectivity index (χ1v) is 4.39. The molecule has 0 aliphatic carbocycles. The molecule has 0 fully saturated rings. The lowest BCUT2D eigenvalue weighted by Gasteiger charge is -2.32. The smallest absolute Gasteiger partial charge is 0.247 e. The van der Waals surface area contributed by atoms with Gasteiger partial charge in [0.25, 0.3) is 0 Å². The third-order valence-corrected chi connectivity index (χ3v) is 2.08.